The number of hydrogen-bond donors (Lipinski definition) is 0. The highest BCUT2D eigenvalue weighted by Gasteiger charge is 2.17. The summed E-state index contributed by atoms with van der Waals surface area (Å²) in [4.78, 5) is 5.08. The van der Waals surface area contributed by atoms with Crippen molar-refractivity contribution < 1.29 is 8.78 Å². The number of rotatable bonds is 5. The largest absolute Gasteiger partial charge is 0.247 e. The molecule has 33 heavy (non-hydrogen) atoms. The van der Waals surface area contributed by atoms with Crippen molar-refractivity contribution in [3.05, 3.63) is 138 Å². The molecule has 1 heterocycles. The van der Waals surface area contributed by atoms with Crippen LogP contribution in [0.3, 0.4) is 0 Å². The van der Waals surface area contributed by atoms with Gasteiger partial charge in [0.05, 0.1) is 11.4 Å². The second kappa shape index (κ2) is 9.17. The van der Waals surface area contributed by atoms with Gasteiger partial charge in [-0.2, -0.15) is 0 Å². The van der Waals surface area contributed by atoms with E-state index in [1.54, 1.807) is 24.3 Å². The van der Waals surface area contributed by atoms with Gasteiger partial charge in [0.25, 0.3) is 0 Å². The number of pyridine rings is 1. The lowest BCUT2D eigenvalue weighted by molar-refractivity contribution is 0.627. The van der Waals surface area contributed by atoms with Gasteiger partial charge in [-0.15, -0.1) is 0 Å². The molecule has 0 saturated carbocycles. The molecule has 0 amide bonds. The molecule has 0 unspecified atom stereocenters. The van der Waals surface area contributed by atoms with Crippen molar-refractivity contribution in [2.45, 2.75) is 6.42 Å². The number of aromatic nitrogens is 1. The molecule has 3 heteroatoms. The van der Waals surface area contributed by atoms with Gasteiger partial charge in [0.2, 0.25) is 0 Å². The minimum atomic E-state index is -0.278. The van der Waals surface area contributed by atoms with E-state index < -0.39 is 0 Å². The van der Waals surface area contributed by atoms with Crippen LogP contribution in [0.1, 0.15) is 11.1 Å². The second-order valence-electron chi connectivity index (χ2n) is 7.92. The van der Waals surface area contributed by atoms with E-state index in [-0.39, 0.29) is 11.6 Å². The van der Waals surface area contributed by atoms with Crippen molar-refractivity contribution in [1.29, 1.82) is 0 Å². The Bertz CT molecular complexity index is 1360. The SMILES string of the molecule is Fc1ccc(Cc2c(-c3ccc(F)cc3)cc(-c3ccccc3)nc2-c2ccccc2)cc1. The smallest absolute Gasteiger partial charge is 0.123 e. The maximum atomic E-state index is 13.7. The Morgan fingerprint density at radius 2 is 1.09 bits per heavy atom. The molecule has 0 aliphatic rings. The summed E-state index contributed by atoms with van der Waals surface area (Å²) in [7, 11) is 0. The molecule has 4 aromatic carbocycles. The Hall–Kier alpha value is -4.11. The average molecular weight is 434 g/mol. The molecular formula is C30H21F2N. The summed E-state index contributed by atoms with van der Waals surface area (Å²) >= 11 is 0. The fraction of sp³-hybridized carbons (Fsp3) is 0.0333. The molecule has 0 aliphatic carbocycles. The first-order chi connectivity index (χ1) is 16.2. The van der Waals surface area contributed by atoms with Gasteiger partial charge < -0.3 is 0 Å². The molecule has 0 N–H and O–H groups in total. The van der Waals surface area contributed by atoms with Crippen LogP contribution < -0.4 is 0 Å². The van der Waals surface area contributed by atoms with E-state index in [1.807, 2.05) is 60.7 Å². The molecule has 5 aromatic rings. The van der Waals surface area contributed by atoms with Crippen molar-refractivity contribution in [2.24, 2.45) is 0 Å². The Labute approximate surface area is 192 Å². The molecule has 0 fully saturated rings. The summed E-state index contributed by atoms with van der Waals surface area (Å²) in [6.45, 7) is 0. The molecule has 0 saturated heterocycles. The third-order valence-corrected chi connectivity index (χ3v) is 5.69. The average Bonchev–Trinajstić information content (AvgIpc) is 2.87. The third kappa shape index (κ3) is 4.58. The van der Waals surface area contributed by atoms with Crippen LogP contribution in [0.4, 0.5) is 8.78 Å². The predicted molar refractivity (Wildman–Crippen MR) is 130 cm³/mol. The highest BCUT2D eigenvalue weighted by atomic mass is 19.1. The molecule has 1 nitrogen and oxygen atoms in total. The van der Waals surface area contributed by atoms with Gasteiger partial charge in [-0.25, -0.2) is 13.8 Å². The van der Waals surface area contributed by atoms with Crippen LogP contribution in [0.5, 0.6) is 0 Å². The minimum absolute atomic E-state index is 0.265. The molecule has 0 spiro atoms. The number of hydrogen-bond acceptors (Lipinski definition) is 1. The monoisotopic (exact) mass is 433 g/mol. The Morgan fingerprint density at radius 1 is 0.545 bits per heavy atom. The van der Waals surface area contributed by atoms with E-state index >= 15 is 0 Å². The molecule has 160 valence electrons. The summed E-state index contributed by atoms with van der Waals surface area (Å²) in [5, 5.41) is 0. The fourth-order valence-electron chi connectivity index (χ4n) is 4.04. The van der Waals surface area contributed by atoms with Gasteiger partial charge in [-0.1, -0.05) is 84.9 Å². The lowest BCUT2D eigenvalue weighted by atomic mass is 9.90. The molecule has 1 aromatic heterocycles. The Morgan fingerprint density at radius 3 is 1.70 bits per heavy atom. The summed E-state index contributed by atoms with van der Waals surface area (Å²) in [5.74, 6) is -0.544. The van der Waals surface area contributed by atoms with Crippen molar-refractivity contribution in [3.63, 3.8) is 0 Å². The predicted octanol–water partition coefficient (Wildman–Crippen LogP) is 7.95. The summed E-state index contributed by atoms with van der Waals surface area (Å²) < 4.78 is 27.3. The fourth-order valence-corrected chi connectivity index (χ4v) is 4.04. The zero-order valence-electron chi connectivity index (χ0n) is 17.9. The van der Waals surface area contributed by atoms with Crippen LogP contribution in [0.2, 0.25) is 0 Å². The second-order valence-corrected chi connectivity index (χ2v) is 7.92. The van der Waals surface area contributed by atoms with Gasteiger partial charge in [0.15, 0.2) is 0 Å². The standard InChI is InChI=1S/C30H21F2N/c31-25-15-11-21(12-16-25)19-28-27(22-13-17-26(32)18-14-22)20-29(23-7-3-1-4-8-23)33-30(28)24-9-5-2-6-10-24/h1-18,20H,19H2. The van der Waals surface area contributed by atoms with Crippen molar-refractivity contribution in [3.8, 4) is 33.6 Å². The van der Waals surface area contributed by atoms with E-state index in [9.17, 15) is 8.78 Å². The lowest BCUT2D eigenvalue weighted by Crippen LogP contribution is -2.01. The lowest BCUT2D eigenvalue weighted by Gasteiger charge is -2.18. The summed E-state index contributed by atoms with van der Waals surface area (Å²) in [6.07, 6.45) is 0.569. The highest BCUT2D eigenvalue weighted by Crippen LogP contribution is 2.36. The van der Waals surface area contributed by atoms with Crippen LogP contribution in [-0.2, 0) is 6.42 Å². The first-order valence-electron chi connectivity index (χ1n) is 10.8. The van der Waals surface area contributed by atoms with Gasteiger partial charge >= 0.3 is 0 Å². The number of benzene rings is 4. The Balaban J connectivity index is 1.78. The zero-order valence-corrected chi connectivity index (χ0v) is 17.9. The molecular weight excluding hydrogens is 412 g/mol. The number of nitrogens with zero attached hydrogens (tertiary/aromatic N) is 1. The van der Waals surface area contributed by atoms with E-state index in [1.165, 1.54) is 24.3 Å². The molecule has 0 radical (unpaired) electrons. The van der Waals surface area contributed by atoms with Crippen LogP contribution in [0, 0.1) is 11.6 Å². The van der Waals surface area contributed by atoms with E-state index in [0.29, 0.717) is 6.42 Å². The molecule has 0 bridgehead atoms. The molecule has 0 atom stereocenters. The van der Waals surface area contributed by atoms with Crippen molar-refractivity contribution >= 4 is 0 Å². The maximum Gasteiger partial charge on any atom is 0.123 e. The van der Waals surface area contributed by atoms with E-state index in [2.05, 4.69) is 6.07 Å². The van der Waals surface area contributed by atoms with Crippen molar-refractivity contribution in [1.82, 2.24) is 4.98 Å². The maximum absolute atomic E-state index is 13.7. The van der Waals surface area contributed by atoms with Crippen LogP contribution >= 0.6 is 0 Å². The quantitative estimate of drug-likeness (QED) is 0.274. The first-order valence-corrected chi connectivity index (χ1v) is 10.8. The third-order valence-electron chi connectivity index (χ3n) is 5.69. The van der Waals surface area contributed by atoms with Gasteiger partial charge in [-0.05, 0) is 52.6 Å². The number of halogens is 2. The Kier molecular flexibility index (Phi) is 5.77. The van der Waals surface area contributed by atoms with Gasteiger partial charge in [0.1, 0.15) is 11.6 Å². The van der Waals surface area contributed by atoms with Crippen LogP contribution in [-0.4, -0.2) is 4.98 Å². The van der Waals surface area contributed by atoms with Crippen molar-refractivity contribution in [2.75, 3.05) is 0 Å². The first kappa shape index (κ1) is 20.8. The van der Waals surface area contributed by atoms with Crippen LogP contribution in [0.15, 0.2) is 115 Å². The molecule has 0 aliphatic heterocycles. The molecule has 5 rings (SSSR count). The van der Waals surface area contributed by atoms with Crippen LogP contribution in [0.25, 0.3) is 33.6 Å². The topological polar surface area (TPSA) is 12.9 Å². The zero-order chi connectivity index (χ0) is 22.6. The van der Waals surface area contributed by atoms with E-state index in [0.717, 1.165) is 44.8 Å². The highest BCUT2D eigenvalue weighted by molar-refractivity contribution is 5.81. The van der Waals surface area contributed by atoms with Gasteiger partial charge in [0, 0.05) is 17.5 Å². The normalized spacial score (nSPS) is 10.8. The summed E-state index contributed by atoms with van der Waals surface area (Å²) in [6, 6.07) is 35.2. The van der Waals surface area contributed by atoms with E-state index in [4.69, 9.17) is 4.98 Å². The summed E-state index contributed by atoms with van der Waals surface area (Å²) in [5.41, 5.74) is 7.59. The minimum Gasteiger partial charge on any atom is -0.247 e. The van der Waals surface area contributed by atoms with Gasteiger partial charge in [-0.3, -0.25) is 0 Å².